The van der Waals surface area contributed by atoms with Crippen molar-refractivity contribution in [3.05, 3.63) is 23.8 Å². The maximum absolute atomic E-state index is 12.6. The highest BCUT2D eigenvalue weighted by Crippen LogP contribution is 2.25. The Hall–Kier alpha value is -2.12. The second-order valence-electron chi connectivity index (χ2n) is 6.98. The van der Waals surface area contributed by atoms with Crippen molar-refractivity contribution in [2.24, 2.45) is 0 Å². The summed E-state index contributed by atoms with van der Waals surface area (Å²) >= 11 is 0. The summed E-state index contributed by atoms with van der Waals surface area (Å²) in [4.78, 5) is 28.1. The third-order valence-corrected chi connectivity index (χ3v) is 4.60. The van der Waals surface area contributed by atoms with Crippen molar-refractivity contribution in [3.63, 3.8) is 0 Å². The van der Waals surface area contributed by atoms with E-state index in [0.29, 0.717) is 19.5 Å². The Morgan fingerprint density at radius 1 is 1.33 bits per heavy atom. The standard InChI is InChI=1S/C20H31N3O4/c1-5-19(24)21-16-8-9-18(22(2)3)15(11-16)12-23(20(25)14-26-4)13-17-7-6-10-27-17/h8-9,11,17H,5-7,10,12-14H2,1-4H3,(H,21,24). The molecular weight excluding hydrogens is 346 g/mol. The lowest BCUT2D eigenvalue weighted by Gasteiger charge is -2.28. The summed E-state index contributed by atoms with van der Waals surface area (Å²) in [5, 5.41) is 2.89. The number of hydrogen-bond donors (Lipinski definition) is 1. The molecule has 27 heavy (non-hydrogen) atoms. The van der Waals surface area contributed by atoms with E-state index in [9.17, 15) is 9.59 Å². The summed E-state index contributed by atoms with van der Waals surface area (Å²) in [5.74, 6) is -0.106. The van der Waals surface area contributed by atoms with Gasteiger partial charge in [0.1, 0.15) is 6.61 Å². The van der Waals surface area contributed by atoms with Gasteiger partial charge in [-0.15, -0.1) is 0 Å². The normalized spacial score (nSPS) is 16.2. The number of rotatable bonds is 9. The number of hydrogen-bond acceptors (Lipinski definition) is 5. The van der Waals surface area contributed by atoms with E-state index in [4.69, 9.17) is 9.47 Å². The minimum atomic E-state index is -0.0688. The van der Waals surface area contributed by atoms with E-state index in [1.165, 1.54) is 7.11 Å². The van der Waals surface area contributed by atoms with Gasteiger partial charge in [-0.1, -0.05) is 6.92 Å². The highest BCUT2D eigenvalue weighted by molar-refractivity contribution is 5.91. The van der Waals surface area contributed by atoms with E-state index in [-0.39, 0.29) is 24.5 Å². The van der Waals surface area contributed by atoms with Crippen molar-refractivity contribution in [2.45, 2.75) is 38.8 Å². The number of amides is 2. The predicted molar refractivity (Wildman–Crippen MR) is 106 cm³/mol. The van der Waals surface area contributed by atoms with Crippen LogP contribution in [0.5, 0.6) is 0 Å². The van der Waals surface area contributed by atoms with Crippen LogP contribution in [-0.4, -0.2) is 63.8 Å². The van der Waals surface area contributed by atoms with Gasteiger partial charge in [-0.25, -0.2) is 0 Å². The van der Waals surface area contributed by atoms with Gasteiger partial charge in [0, 0.05) is 58.7 Å². The number of anilines is 2. The molecule has 2 rings (SSSR count). The van der Waals surface area contributed by atoms with Crippen molar-refractivity contribution in [3.8, 4) is 0 Å². The lowest BCUT2D eigenvalue weighted by atomic mass is 10.1. The predicted octanol–water partition coefficient (Wildman–Crippen LogP) is 2.26. The molecule has 1 aliphatic heterocycles. The zero-order valence-electron chi connectivity index (χ0n) is 16.8. The van der Waals surface area contributed by atoms with E-state index in [0.717, 1.165) is 36.4 Å². The highest BCUT2D eigenvalue weighted by atomic mass is 16.5. The van der Waals surface area contributed by atoms with Crippen molar-refractivity contribution >= 4 is 23.2 Å². The molecule has 1 unspecified atom stereocenters. The molecule has 0 saturated carbocycles. The maximum atomic E-state index is 12.6. The molecule has 1 N–H and O–H groups in total. The van der Waals surface area contributed by atoms with Gasteiger partial charge in [-0.2, -0.15) is 0 Å². The first kappa shape index (κ1) is 21.2. The van der Waals surface area contributed by atoms with Crippen LogP contribution in [0.3, 0.4) is 0 Å². The van der Waals surface area contributed by atoms with Gasteiger partial charge < -0.3 is 24.6 Å². The van der Waals surface area contributed by atoms with Crippen LogP contribution in [0.25, 0.3) is 0 Å². The number of ether oxygens (including phenoxy) is 2. The summed E-state index contributed by atoms with van der Waals surface area (Å²) in [7, 11) is 5.45. The number of methoxy groups -OCH3 is 1. The van der Waals surface area contributed by atoms with Gasteiger partial charge in [0.25, 0.3) is 0 Å². The molecule has 1 aromatic rings. The van der Waals surface area contributed by atoms with Gasteiger partial charge in [-0.3, -0.25) is 9.59 Å². The van der Waals surface area contributed by atoms with Crippen LogP contribution >= 0.6 is 0 Å². The molecule has 0 aromatic heterocycles. The molecule has 1 atom stereocenters. The van der Waals surface area contributed by atoms with Crippen LogP contribution in [-0.2, 0) is 25.6 Å². The Morgan fingerprint density at radius 2 is 2.11 bits per heavy atom. The van der Waals surface area contributed by atoms with Gasteiger partial charge in [0.15, 0.2) is 0 Å². The zero-order valence-corrected chi connectivity index (χ0v) is 16.8. The molecule has 1 saturated heterocycles. The molecule has 1 aliphatic rings. The minimum absolute atomic E-state index is 0.0368. The monoisotopic (exact) mass is 377 g/mol. The number of nitrogens with one attached hydrogen (secondary N) is 1. The first-order valence-electron chi connectivity index (χ1n) is 9.43. The Morgan fingerprint density at radius 3 is 2.70 bits per heavy atom. The topological polar surface area (TPSA) is 71.1 Å². The Kier molecular flexibility index (Phi) is 8.06. The molecule has 0 bridgehead atoms. The number of carbonyl (C=O) groups excluding carboxylic acids is 2. The number of nitrogens with zero attached hydrogens (tertiary/aromatic N) is 2. The molecule has 0 aliphatic carbocycles. The molecule has 7 heteroatoms. The van der Waals surface area contributed by atoms with Gasteiger partial charge in [0.2, 0.25) is 11.8 Å². The summed E-state index contributed by atoms with van der Waals surface area (Å²) in [6.45, 7) is 3.58. The second kappa shape index (κ2) is 10.3. The highest BCUT2D eigenvalue weighted by Gasteiger charge is 2.24. The third kappa shape index (κ3) is 6.22. The summed E-state index contributed by atoms with van der Waals surface area (Å²) in [6.07, 6.45) is 2.47. The molecule has 1 heterocycles. The van der Waals surface area contributed by atoms with Crippen molar-refractivity contribution in [1.29, 1.82) is 0 Å². The van der Waals surface area contributed by atoms with Gasteiger partial charge >= 0.3 is 0 Å². The smallest absolute Gasteiger partial charge is 0.248 e. The largest absolute Gasteiger partial charge is 0.377 e. The zero-order chi connectivity index (χ0) is 19.8. The van der Waals surface area contributed by atoms with E-state index in [1.807, 2.05) is 44.1 Å². The molecule has 0 spiro atoms. The van der Waals surface area contributed by atoms with Gasteiger partial charge in [0.05, 0.1) is 6.10 Å². The van der Waals surface area contributed by atoms with Crippen molar-refractivity contribution < 1.29 is 19.1 Å². The molecule has 7 nitrogen and oxygen atoms in total. The van der Waals surface area contributed by atoms with Crippen LogP contribution in [0.2, 0.25) is 0 Å². The van der Waals surface area contributed by atoms with Crippen molar-refractivity contribution in [2.75, 3.05) is 51.2 Å². The Labute approximate surface area is 161 Å². The van der Waals surface area contributed by atoms with Crippen LogP contribution < -0.4 is 10.2 Å². The summed E-state index contributed by atoms with van der Waals surface area (Å²) < 4.78 is 10.8. The molecular formula is C20H31N3O4. The molecule has 1 fully saturated rings. The average molecular weight is 377 g/mol. The van der Waals surface area contributed by atoms with Crippen LogP contribution in [0, 0.1) is 0 Å². The first-order valence-corrected chi connectivity index (χ1v) is 9.43. The number of benzene rings is 1. The van der Waals surface area contributed by atoms with E-state index >= 15 is 0 Å². The quantitative estimate of drug-likeness (QED) is 0.715. The number of carbonyl (C=O) groups is 2. The lowest BCUT2D eigenvalue weighted by Crippen LogP contribution is -2.39. The minimum Gasteiger partial charge on any atom is -0.377 e. The molecule has 0 radical (unpaired) electrons. The van der Waals surface area contributed by atoms with Crippen LogP contribution in [0.15, 0.2) is 18.2 Å². The molecule has 2 amide bonds. The van der Waals surface area contributed by atoms with E-state index in [1.54, 1.807) is 4.90 Å². The first-order chi connectivity index (χ1) is 12.9. The third-order valence-electron chi connectivity index (χ3n) is 4.60. The fraction of sp³-hybridized carbons (Fsp3) is 0.600. The average Bonchev–Trinajstić information content (AvgIpc) is 3.14. The van der Waals surface area contributed by atoms with Gasteiger partial charge in [-0.05, 0) is 36.6 Å². The summed E-state index contributed by atoms with van der Waals surface area (Å²) in [5.41, 5.74) is 2.71. The second-order valence-corrected chi connectivity index (χ2v) is 6.98. The Balaban J connectivity index is 2.25. The van der Waals surface area contributed by atoms with Crippen LogP contribution in [0.4, 0.5) is 11.4 Å². The molecule has 1 aromatic carbocycles. The SMILES string of the molecule is CCC(=O)Nc1ccc(N(C)C)c(CN(CC2CCCO2)C(=O)COC)c1. The fourth-order valence-corrected chi connectivity index (χ4v) is 3.18. The van der Waals surface area contributed by atoms with E-state index < -0.39 is 0 Å². The lowest BCUT2D eigenvalue weighted by molar-refractivity contribution is -0.137. The van der Waals surface area contributed by atoms with Crippen molar-refractivity contribution in [1.82, 2.24) is 4.90 Å². The fourth-order valence-electron chi connectivity index (χ4n) is 3.18. The summed E-state index contributed by atoms with van der Waals surface area (Å²) in [6, 6.07) is 5.78. The van der Waals surface area contributed by atoms with Crippen LogP contribution in [0.1, 0.15) is 31.7 Å². The molecule has 150 valence electrons. The van der Waals surface area contributed by atoms with E-state index in [2.05, 4.69) is 5.32 Å². The Bertz CT molecular complexity index is 642. The maximum Gasteiger partial charge on any atom is 0.248 e.